The fraction of sp³-hybridized carbons (Fsp3) is 0.190. The van der Waals surface area contributed by atoms with Crippen molar-refractivity contribution >= 4 is 26.9 Å². The summed E-state index contributed by atoms with van der Waals surface area (Å²) in [4.78, 5) is 14.5. The topological polar surface area (TPSA) is 79.6 Å². The highest BCUT2D eigenvalue weighted by molar-refractivity contribution is 7.89. The third-order valence-corrected chi connectivity index (χ3v) is 6.03. The zero-order chi connectivity index (χ0) is 20.3. The monoisotopic (exact) mass is 398 g/mol. The Labute approximate surface area is 164 Å². The molecule has 0 aliphatic rings. The van der Waals surface area contributed by atoms with Gasteiger partial charge in [-0.1, -0.05) is 24.3 Å². The molecule has 146 valence electrons. The van der Waals surface area contributed by atoms with Gasteiger partial charge in [-0.3, -0.25) is 4.79 Å². The number of rotatable bonds is 7. The maximum absolute atomic E-state index is 12.8. The third-order valence-electron chi connectivity index (χ3n) is 4.59. The highest BCUT2D eigenvalue weighted by atomic mass is 32.2. The minimum Gasteiger partial charge on any atom is -0.459 e. The van der Waals surface area contributed by atoms with Gasteiger partial charge in [0.2, 0.25) is 10.0 Å². The summed E-state index contributed by atoms with van der Waals surface area (Å²) in [6, 6.07) is 15.2. The fourth-order valence-electron chi connectivity index (χ4n) is 2.81. The minimum absolute atomic E-state index is 0.0962. The summed E-state index contributed by atoms with van der Waals surface area (Å²) in [6.07, 6.45) is 1.46. The molecule has 2 aromatic carbocycles. The van der Waals surface area contributed by atoms with Crippen LogP contribution in [0.15, 0.2) is 76.6 Å². The van der Waals surface area contributed by atoms with Crippen LogP contribution in [0.1, 0.15) is 29.1 Å². The highest BCUT2D eigenvalue weighted by Gasteiger charge is 2.22. The molecule has 1 amide bonds. The number of para-hydroxylation sites is 1. The molecule has 0 fully saturated rings. The van der Waals surface area contributed by atoms with Gasteiger partial charge >= 0.3 is 0 Å². The molecule has 6 nitrogen and oxygen atoms in total. The van der Waals surface area contributed by atoms with Crippen LogP contribution in [0.3, 0.4) is 0 Å². The summed E-state index contributed by atoms with van der Waals surface area (Å²) in [5.41, 5.74) is 1.17. The summed E-state index contributed by atoms with van der Waals surface area (Å²) in [5.74, 6) is 0.459. The number of carbonyl (C=O) groups is 1. The van der Waals surface area contributed by atoms with Crippen LogP contribution in [0.2, 0.25) is 0 Å². The molecule has 3 rings (SSSR count). The molecule has 0 saturated carbocycles. The number of sulfonamides is 1. The summed E-state index contributed by atoms with van der Waals surface area (Å²) in [6.45, 7) is 5.51. The van der Waals surface area contributed by atoms with Gasteiger partial charge in [0.05, 0.1) is 10.9 Å². The lowest BCUT2D eigenvalue weighted by atomic mass is 10.1. The molecule has 1 unspecified atom stereocenters. The molecule has 1 aromatic heterocycles. The molecular weight excluding hydrogens is 376 g/mol. The van der Waals surface area contributed by atoms with E-state index in [-0.39, 0.29) is 23.4 Å². The van der Waals surface area contributed by atoms with Gasteiger partial charge in [0.25, 0.3) is 5.91 Å². The Morgan fingerprint density at radius 1 is 1.21 bits per heavy atom. The Morgan fingerprint density at radius 2 is 1.89 bits per heavy atom. The molecule has 3 aromatic rings. The number of carbonyl (C=O) groups excluding carboxylic acids is 1. The van der Waals surface area contributed by atoms with Crippen molar-refractivity contribution in [2.45, 2.75) is 17.9 Å². The van der Waals surface area contributed by atoms with Gasteiger partial charge in [-0.15, -0.1) is 6.58 Å². The molecule has 1 N–H and O–H groups in total. The Morgan fingerprint density at radius 3 is 2.54 bits per heavy atom. The molecule has 0 saturated heterocycles. The van der Waals surface area contributed by atoms with Gasteiger partial charge in [0.1, 0.15) is 11.3 Å². The van der Waals surface area contributed by atoms with Gasteiger partial charge in [-0.2, -0.15) is 0 Å². The average Bonchev–Trinajstić information content (AvgIpc) is 3.15. The second-order valence-corrected chi connectivity index (χ2v) is 8.21. The fourth-order valence-corrected chi connectivity index (χ4v) is 3.81. The standard InChI is InChI=1S/C21H22N2O4S/c1-4-13-22-28(25,26)18-11-9-16(10-12-18)21(24)23(3)15(2)20-14-17-7-5-6-8-19(17)27-20/h4-12,14-15,22H,1,13H2,2-3H3. The van der Waals surface area contributed by atoms with Crippen molar-refractivity contribution in [2.24, 2.45) is 0 Å². The summed E-state index contributed by atoms with van der Waals surface area (Å²) in [5, 5.41) is 0.979. The van der Waals surface area contributed by atoms with Crippen molar-refractivity contribution in [1.29, 1.82) is 0 Å². The summed E-state index contributed by atoms with van der Waals surface area (Å²) < 4.78 is 32.5. The van der Waals surface area contributed by atoms with E-state index in [0.717, 1.165) is 11.0 Å². The Kier molecular flexibility index (Phi) is 5.67. The molecule has 0 radical (unpaired) electrons. The van der Waals surface area contributed by atoms with Crippen molar-refractivity contribution in [2.75, 3.05) is 13.6 Å². The number of nitrogens with one attached hydrogen (secondary N) is 1. The van der Waals surface area contributed by atoms with E-state index in [0.29, 0.717) is 11.3 Å². The highest BCUT2D eigenvalue weighted by Crippen LogP contribution is 2.27. The van der Waals surface area contributed by atoms with Crippen molar-refractivity contribution < 1.29 is 17.6 Å². The first-order chi connectivity index (χ1) is 13.3. The van der Waals surface area contributed by atoms with Gasteiger partial charge in [0.15, 0.2) is 0 Å². The second kappa shape index (κ2) is 8.00. The maximum atomic E-state index is 12.8. The number of fused-ring (bicyclic) bond motifs is 1. The van der Waals surface area contributed by atoms with Crippen LogP contribution in [0.25, 0.3) is 11.0 Å². The van der Waals surface area contributed by atoms with E-state index in [1.54, 1.807) is 11.9 Å². The molecule has 1 heterocycles. The van der Waals surface area contributed by atoms with Crippen molar-refractivity contribution in [3.8, 4) is 0 Å². The number of furan rings is 1. The Balaban J connectivity index is 1.78. The lowest BCUT2D eigenvalue weighted by Gasteiger charge is -2.23. The summed E-state index contributed by atoms with van der Waals surface area (Å²) in [7, 11) is -1.93. The first kappa shape index (κ1) is 19.9. The normalized spacial score (nSPS) is 12.6. The van der Waals surface area contributed by atoms with Gasteiger partial charge in [-0.05, 0) is 43.3 Å². The number of hydrogen-bond donors (Lipinski definition) is 1. The quantitative estimate of drug-likeness (QED) is 0.615. The predicted octanol–water partition coefficient (Wildman–Crippen LogP) is 3.73. The van der Waals surface area contributed by atoms with Crippen LogP contribution in [-0.4, -0.2) is 32.8 Å². The van der Waals surface area contributed by atoms with Crippen LogP contribution in [0, 0.1) is 0 Å². The van der Waals surface area contributed by atoms with E-state index in [1.165, 1.54) is 30.3 Å². The van der Waals surface area contributed by atoms with Gasteiger partial charge in [0, 0.05) is 24.5 Å². The molecule has 1 atom stereocenters. The maximum Gasteiger partial charge on any atom is 0.254 e. The number of benzene rings is 2. The first-order valence-corrected chi connectivity index (χ1v) is 10.3. The smallest absolute Gasteiger partial charge is 0.254 e. The third kappa shape index (κ3) is 4.00. The largest absolute Gasteiger partial charge is 0.459 e. The molecule has 0 aliphatic carbocycles. The van der Waals surface area contributed by atoms with E-state index in [4.69, 9.17) is 4.42 Å². The van der Waals surface area contributed by atoms with Crippen molar-refractivity contribution in [1.82, 2.24) is 9.62 Å². The molecular formula is C21H22N2O4S. The second-order valence-electron chi connectivity index (χ2n) is 6.44. The predicted molar refractivity (Wildman–Crippen MR) is 109 cm³/mol. The lowest BCUT2D eigenvalue weighted by Crippen LogP contribution is -2.29. The lowest BCUT2D eigenvalue weighted by molar-refractivity contribution is 0.0727. The van der Waals surface area contributed by atoms with E-state index in [1.807, 2.05) is 37.3 Å². The van der Waals surface area contributed by atoms with Crippen molar-refractivity contribution in [3.63, 3.8) is 0 Å². The first-order valence-electron chi connectivity index (χ1n) is 8.80. The SMILES string of the molecule is C=CCNS(=O)(=O)c1ccc(C(=O)N(C)C(C)c2cc3ccccc3o2)cc1. The Hall–Kier alpha value is -2.90. The minimum atomic E-state index is -3.62. The van der Waals surface area contributed by atoms with E-state index >= 15 is 0 Å². The average molecular weight is 398 g/mol. The number of hydrogen-bond acceptors (Lipinski definition) is 4. The van der Waals surface area contributed by atoms with E-state index in [2.05, 4.69) is 11.3 Å². The van der Waals surface area contributed by atoms with E-state index in [9.17, 15) is 13.2 Å². The molecule has 0 bridgehead atoms. The zero-order valence-electron chi connectivity index (χ0n) is 15.8. The van der Waals surface area contributed by atoms with Gasteiger partial charge in [-0.25, -0.2) is 13.1 Å². The van der Waals surface area contributed by atoms with Crippen LogP contribution < -0.4 is 4.72 Å². The number of amides is 1. The molecule has 0 spiro atoms. The molecule has 0 aliphatic heterocycles. The number of nitrogens with zero attached hydrogens (tertiary/aromatic N) is 1. The summed E-state index contributed by atoms with van der Waals surface area (Å²) >= 11 is 0. The molecule has 7 heteroatoms. The van der Waals surface area contributed by atoms with Crippen LogP contribution in [-0.2, 0) is 10.0 Å². The van der Waals surface area contributed by atoms with Crippen LogP contribution >= 0.6 is 0 Å². The van der Waals surface area contributed by atoms with E-state index < -0.39 is 10.0 Å². The van der Waals surface area contributed by atoms with Crippen LogP contribution in [0.5, 0.6) is 0 Å². The van der Waals surface area contributed by atoms with Crippen molar-refractivity contribution in [3.05, 3.63) is 78.6 Å². The Bertz CT molecular complexity index is 1070. The molecule has 28 heavy (non-hydrogen) atoms. The zero-order valence-corrected chi connectivity index (χ0v) is 16.6. The van der Waals surface area contributed by atoms with Crippen LogP contribution in [0.4, 0.5) is 0 Å². The van der Waals surface area contributed by atoms with Gasteiger partial charge < -0.3 is 9.32 Å².